The fourth-order valence-electron chi connectivity index (χ4n) is 4.12. The summed E-state index contributed by atoms with van der Waals surface area (Å²) in [6, 6.07) is 22.5. The Morgan fingerprint density at radius 2 is 1.89 bits per heavy atom. The summed E-state index contributed by atoms with van der Waals surface area (Å²) >= 11 is 13.1. The van der Waals surface area contributed by atoms with E-state index < -0.39 is 5.82 Å². The van der Waals surface area contributed by atoms with E-state index in [1.807, 2.05) is 59.5 Å². The second kappa shape index (κ2) is 11.3. The van der Waals surface area contributed by atoms with Crippen LogP contribution >= 0.6 is 35.6 Å². The van der Waals surface area contributed by atoms with Crippen LogP contribution in [0.1, 0.15) is 30.0 Å². The van der Waals surface area contributed by atoms with Crippen molar-refractivity contribution in [1.29, 1.82) is 0 Å². The molecule has 2 unspecified atom stereocenters. The van der Waals surface area contributed by atoms with Gasteiger partial charge in [-0.1, -0.05) is 41.6 Å². The summed E-state index contributed by atoms with van der Waals surface area (Å²) in [5, 5.41) is 7.84. The lowest BCUT2D eigenvalue weighted by Crippen LogP contribution is -2.32. The van der Waals surface area contributed by atoms with Gasteiger partial charge in [0.2, 0.25) is 5.91 Å². The topological polar surface area (TPSA) is 70.4 Å². The van der Waals surface area contributed by atoms with Gasteiger partial charge in [-0.25, -0.2) is 4.39 Å². The second-order valence-corrected chi connectivity index (χ2v) is 10.2. The summed E-state index contributed by atoms with van der Waals surface area (Å²) in [6.07, 6.45) is 1.83. The molecule has 1 fully saturated rings. The summed E-state index contributed by atoms with van der Waals surface area (Å²) in [6.45, 7) is 0.306. The maximum Gasteiger partial charge on any atom is 0.226 e. The molecule has 2 aromatic heterocycles. The largest absolute Gasteiger partial charge is 0.452 e. The highest BCUT2D eigenvalue weighted by Gasteiger charge is 2.41. The van der Waals surface area contributed by atoms with E-state index in [4.69, 9.17) is 28.2 Å². The molecule has 5 rings (SSSR count). The number of hydrogen-bond donors (Lipinski definition) is 2. The number of furan rings is 1. The number of hydrogen-bond acceptors (Lipinski definition) is 5. The smallest absolute Gasteiger partial charge is 0.226 e. The molecule has 0 aliphatic carbocycles. The molecule has 2 aromatic carbocycles. The number of aromatic nitrogens is 1. The van der Waals surface area contributed by atoms with Crippen molar-refractivity contribution in [1.82, 2.24) is 15.2 Å². The highest BCUT2D eigenvalue weighted by atomic mass is 35.5. The Morgan fingerprint density at radius 1 is 1.11 bits per heavy atom. The van der Waals surface area contributed by atoms with Gasteiger partial charge in [-0.3, -0.25) is 9.78 Å². The number of anilines is 1. The molecule has 1 aliphatic heterocycles. The van der Waals surface area contributed by atoms with Gasteiger partial charge in [0.25, 0.3) is 0 Å². The molecule has 6 nitrogen and oxygen atoms in total. The Kier molecular flexibility index (Phi) is 7.73. The molecule has 3 heterocycles. The molecule has 0 bridgehead atoms. The minimum atomic E-state index is -0.483. The van der Waals surface area contributed by atoms with E-state index in [-0.39, 0.29) is 30.1 Å². The minimum Gasteiger partial charge on any atom is -0.452 e. The van der Waals surface area contributed by atoms with E-state index in [9.17, 15) is 9.18 Å². The SMILES string of the molecule is O=C(CCN1C(=S)NC(c2ccccn2)C1c1ccc(Sc2ccc(Cl)cc2)o1)Nc1ccccc1F. The third-order valence-corrected chi connectivity index (χ3v) is 7.38. The van der Waals surface area contributed by atoms with Crippen LogP contribution in [0.3, 0.4) is 0 Å². The maximum absolute atomic E-state index is 14.0. The molecule has 0 spiro atoms. The van der Waals surface area contributed by atoms with E-state index >= 15 is 0 Å². The lowest BCUT2D eigenvalue weighted by Gasteiger charge is -2.25. The van der Waals surface area contributed by atoms with E-state index in [2.05, 4.69) is 15.6 Å². The van der Waals surface area contributed by atoms with Crippen LogP contribution in [0, 0.1) is 5.82 Å². The van der Waals surface area contributed by atoms with E-state index in [0.29, 0.717) is 27.5 Å². The summed E-state index contributed by atoms with van der Waals surface area (Å²) in [5.74, 6) is -0.107. The highest BCUT2D eigenvalue weighted by molar-refractivity contribution is 7.99. The zero-order valence-electron chi connectivity index (χ0n) is 19.4. The third kappa shape index (κ3) is 5.95. The van der Waals surface area contributed by atoms with E-state index in [1.54, 1.807) is 18.3 Å². The average molecular weight is 553 g/mol. The molecule has 4 aromatic rings. The van der Waals surface area contributed by atoms with Gasteiger partial charge in [-0.2, -0.15) is 0 Å². The number of nitrogens with one attached hydrogen (secondary N) is 2. The average Bonchev–Trinajstić information content (AvgIpc) is 3.49. The van der Waals surface area contributed by atoms with Crippen molar-refractivity contribution < 1.29 is 13.6 Å². The molecular weight excluding hydrogens is 531 g/mol. The molecule has 2 atom stereocenters. The first-order chi connectivity index (χ1) is 18.0. The molecule has 1 amide bonds. The van der Waals surface area contributed by atoms with Crippen LogP contribution in [0.15, 0.2) is 99.5 Å². The summed E-state index contributed by atoms with van der Waals surface area (Å²) in [7, 11) is 0. The Hall–Kier alpha value is -3.40. The van der Waals surface area contributed by atoms with Gasteiger partial charge in [0, 0.05) is 29.1 Å². The molecule has 0 saturated carbocycles. The van der Waals surface area contributed by atoms with E-state index in [0.717, 1.165) is 10.6 Å². The zero-order valence-corrected chi connectivity index (χ0v) is 21.8. The van der Waals surface area contributed by atoms with Crippen LogP contribution in [0.4, 0.5) is 10.1 Å². The lowest BCUT2D eigenvalue weighted by atomic mass is 10.0. The Labute approximate surface area is 228 Å². The highest BCUT2D eigenvalue weighted by Crippen LogP contribution is 2.41. The zero-order chi connectivity index (χ0) is 25.8. The van der Waals surface area contributed by atoms with Gasteiger partial charge in [0.05, 0.1) is 17.4 Å². The summed E-state index contributed by atoms with van der Waals surface area (Å²) in [5.41, 5.74) is 0.948. The van der Waals surface area contributed by atoms with Gasteiger partial charge >= 0.3 is 0 Å². The van der Waals surface area contributed by atoms with Crippen LogP contribution in [0.25, 0.3) is 0 Å². The standard InChI is InChI=1S/C27H22ClFN4O2S2/c28-17-8-10-18(11-9-17)37-24-13-12-22(35-24)26-25(21-7-3-4-15-30-21)32-27(36)33(26)16-14-23(34)31-20-6-2-1-5-19(20)29/h1-13,15,25-26H,14,16H2,(H,31,34)(H,32,36). The predicted octanol–water partition coefficient (Wildman–Crippen LogP) is 6.62. The fraction of sp³-hybridized carbons (Fsp3) is 0.148. The van der Waals surface area contributed by atoms with Crippen LogP contribution in [-0.2, 0) is 4.79 Å². The molecule has 1 aliphatic rings. The van der Waals surface area contributed by atoms with Crippen molar-refractivity contribution >= 4 is 52.3 Å². The van der Waals surface area contributed by atoms with Crippen LogP contribution in [0.5, 0.6) is 0 Å². The quantitative estimate of drug-likeness (QED) is 0.238. The molecule has 10 heteroatoms. The Bertz CT molecular complexity index is 1400. The fourth-order valence-corrected chi connectivity index (χ4v) is 5.36. The molecule has 1 saturated heterocycles. The second-order valence-electron chi connectivity index (χ2n) is 8.31. The van der Waals surface area contributed by atoms with Crippen LogP contribution in [0.2, 0.25) is 5.02 Å². The van der Waals surface area contributed by atoms with Crippen LogP contribution < -0.4 is 10.6 Å². The number of rotatable bonds is 8. The number of thiocarbonyl (C=S) groups is 1. The molecule has 37 heavy (non-hydrogen) atoms. The van der Waals surface area contributed by atoms with Crippen LogP contribution in [-0.4, -0.2) is 27.4 Å². The number of amides is 1. The number of carbonyl (C=O) groups excluding carboxylic acids is 1. The van der Waals surface area contributed by atoms with Gasteiger partial charge < -0.3 is 20.0 Å². The van der Waals surface area contributed by atoms with Gasteiger partial charge in [-0.15, -0.1) is 0 Å². The first-order valence-corrected chi connectivity index (χ1v) is 13.1. The van der Waals surface area contributed by atoms with Crippen molar-refractivity contribution in [3.05, 3.63) is 107 Å². The Balaban J connectivity index is 1.36. The molecule has 0 radical (unpaired) electrons. The number of halogens is 2. The van der Waals surface area contributed by atoms with Gasteiger partial charge in [-0.05, 0) is 72.9 Å². The monoisotopic (exact) mass is 552 g/mol. The molecular formula is C27H22ClFN4O2S2. The first-order valence-electron chi connectivity index (χ1n) is 11.5. The molecule has 2 N–H and O–H groups in total. The van der Waals surface area contributed by atoms with Crippen molar-refractivity contribution in [2.45, 2.75) is 28.5 Å². The van der Waals surface area contributed by atoms with Crippen molar-refractivity contribution in [2.75, 3.05) is 11.9 Å². The third-order valence-electron chi connectivity index (χ3n) is 5.85. The minimum absolute atomic E-state index is 0.106. The maximum atomic E-state index is 14.0. The predicted molar refractivity (Wildman–Crippen MR) is 146 cm³/mol. The first kappa shape index (κ1) is 25.3. The number of carbonyl (C=O) groups is 1. The van der Waals surface area contributed by atoms with Gasteiger partial charge in [0.15, 0.2) is 10.2 Å². The molecule has 188 valence electrons. The number of para-hydroxylation sites is 1. The lowest BCUT2D eigenvalue weighted by molar-refractivity contribution is -0.116. The van der Waals surface area contributed by atoms with Crippen molar-refractivity contribution in [2.24, 2.45) is 0 Å². The van der Waals surface area contributed by atoms with Crippen molar-refractivity contribution in [3.63, 3.8) is 0 Å². The normalized spacial score (nSPS) is 17.0. The van der Waals surface area contributed by atoms with E-state index in [1.165, 1.54) is 23.9 Å². The number of pyridine rings is 1. The number of nitrogens with zero attached hydrogens (tertiary/aromatic N) is 2. The number of benzene rings is 2. The Morgan fingerprint density at radius 3 is 2.65 bits per heavy atom. The summed E-state index contributed by atoms with van der Waals surface area (Å²) < 4.78 is 20.2. The van der Waals surface area contributed by atoms with Gasteiger partial charge in [0.1, 0.15) is 17.6 Å². The summed E-state index contributed by atoms with van der Waals surface area (Å²) in [4.78, 5) is 20.1. The van der Waals surface area contributed by atoms with Crippen molar-refractivity contribution in [3.8, 4) is 0 Å².